The highest BCUT2D eigenvalue weighted by Gasteiger charge is 2.26. The summed E-state index contributed by atoms with van der Waals surface area (Å²) >= 11 is 0. The second kappa shape index (κ2) is 5.77. The maximum atomic E-state index is 12.6. The van der Waals surface area contributed by atoms with Gasteiger partial charge in [0.25, 0.3) is 0 Å². The lowest BCUT2D eigenvalue weighted by Crippen LogP contribution is -2.40. The number of nitrogens with zero attached hydrogens (tertiary/aromatic N) is 1. The summed E-state index contributed by atoms with van der Waals surface area (Å²) in [5.74, 6) is 0.130. The van der Waals surface area contributed by atoms with Crippen molar-refractivity contribution in [1.29, 1.82) is 0 Å². The first-order valence-corrected chi connectivity index (χ1v) is 8.65. The average Bonchev–Trinajstić information content (AvgIpc) is 2.53. The lowest BCUT2D eigenvalue weighted by molar-refractivity contribution is 0.590. The van der Waals surface area contributed by atoms with E-state index < -0.39 is 10.0 Å². The minimum absolute atomic E-state index is 0.130. The number of benzene rings is 2. The van der Waals surface area contributed by atoms with E-state index in [-0.39, 0.29) is 5.75 Å². The molecule has 0 aromatic heterocycles. The van der Waals surface area contributed by atoms with Crippen molar-refractivity contribution in [1.82, 2.24) is 0 Å². The van der Waals surface area contributed by atoms with Gasteiger partial charge in [-0.2, -0.15) is 0 Å². The zero-order chi connectivity index (χ0) is 14.7. The molecular formula is C16H18N2O2S. The van der Waals surface area contributed by atoms with Crippen molar-refractivity contribution >= 4 is 21.4 Å². The Hall–Kier alpha value is -2.01. The van der Waals surface area contributed by atoms with Gasteiger partial charge in [-0.05, 0) is 24.1 Å². The Morgan fingerprint density at radius 3 is 2.52 bits per heavy atom. The number of hydrogen-bond donors (Lipinski definition) is 1. The highest BCUT2D eigenvalue weighted by atomic mass is 32.2. The lowest BCUT2D eigenvalue weighted by Gasteiger charge is -2.31. The molecule has 1 N–H and O–H groups in total. The second-order valence-corrected chi connectivity index (χ2v) is 7.08. The molecule has 0 bridgehead atoms. The number of nitrogens with one attached hydrogen (secondary N) is 1. The Balaban J connectivity index is 1.80. The van der Waals surface area contributed by atoms with Gasteiger partial charge in [-0.3, -0.25) is 4.31 Å². The van der Waals surface area contributed by atoms with Crippen LogP contribution >= 0.6 is 0 Å². The van der Waals surface area contributed by atoms with Gasteiger partial charge in [-0.25, -0.2) is 8.42 Å². The predicted molar refractivity (Wildman–Crippen MR) is 86.2 cm³/mol. The summed E-state index contributed by atoms with van der Waals surface area (Å²) in [6.07, 6.45) is 0.537. The molecule has 5 heteroatoms. The molecule has 1 heterocycles. The highest BCUT2D eigenvalue weighted by Crippen LogP contribution is 2.30. The van der Waals surface area contributed by atoms with Crippen molar-refractivity contribution in [3.05, 3.63) is 60.2 Å². The predicted octanol–water partition coefficient (Wildman–Crippen LogP) is 2.49. The average molecular weight is 302 g/mol. The molecule has 21 heavy (non-hydrogen) atoms. The third kappa shape index (κ3) is 3.03. The summed E-state index contributed by atoms with van der Waals surface area (Å²) < 4.78 is 26.8. The van der Waals surface area contributed by atoms with Crippen LogP contribution in [0.2, 0.25) is 0 Å². The molecule has 0 spiro atoms. The number of aryl methyl sites for hydroxylation is 1. The van der Waals surface area contributed by atoms with Crippen molar-refractivity contribution in [2.24, 2.45) is 0 Å². The first-order chi connectivity index (χ1) is 10.2. The number of anilines is 2. The quantitative estimate of drug-likeness (QED) is 0.944. The van der Waals surface area contributed by atoms with E-state index in [4.69, 9.17) is 0 Å². The summed E-state index contributed by atoms with van der Waals surface area (Å²) in [6.45, 7) is 1.12. The smallest absolute Gasteiger partial charge is 0.235 e. The Labute approximate surface area is 125 Å². The molecule has 0 radical (unpaired) electrons. The van der Waals surface area contributed by atoms with Crippen LogP contribution in [-0.2, 0) is 16.4 Å². The molecule has 3 rings (SSSR count). The molecule has 0 unspecified atom stereocenters. The fourth-order valence-electron chi connectivity index (χ4n) is 2.54. The second-order valence-electron chi connectivity index (χ2n) is 5.07. The van der Waals surface area contributed by atoms with Crippen LogP contribution in [-0.4, -0.2) is 27.3 Å². The van der Waals surface area contributed by atoms with Crippen LogP contribution in [0.1, 0.15) is 5.56 Å². The topological polar surface area (TPSA) is 49.4 Å². The van der Waals surface area contributed by atoms with Crippen LogP contribution in [0, 0.1) is 0 Å². The number of hydrogen-bond acceptors (Lipinski definition) is 3. The maximum absolute atomic E-state index is 12.6. The number of para-hydroxylation sites is 2. The van der Waals surface area contributed by atoms with Crippen molar-refractivity contribution in [2.75, 3.05) is 28.5 Å². The van der Waals surface area contributed by atoms with Crippen molar-refractivity contribution in [3.8, 4) is 0 Å². The van der Waals surface area contributed by atoms with Gasteiger partial charge < -0.3 is 5.32 Å². The third-order valence-electron chi connectivity index (χ3n) is 3.63. The fraction of sp³-hybridized carbons (Fsp3) is 0.250. The van der Waals surface area contributed by atoms with E-state index in [2.05, 4.69) is 5.32 Å². The SMILES string of the molecule is O=S(=O)(CCc1ccccc1)N1CCNc2ccccc21. The van der Waals surface area contributed by atoms with Crippen LogP contribution in [0.4, 0.5) is 11.4 Å². The van der Waals surface area contributed by atoms with Crippen LogP contribution in [0.15, 0.2) is 54.6 Å². The molecule has 0 saturated heterocycles. The van der Waals surface area contributed by atoms with Gasteiger partial charge in [-0.1, -0.05) is 42.5 Å². The highest BCUT2D eigenvalue weighted by molar-refractivity contribution is 7.92. The van der Waals surface area contributed by atoms with E-state index in [1.165, 1.54) is 4.31 Å². The van der Waals surface area contributed by atoms with Gasteiger partial charge >= 0.3 is 0 Å². The van der Waals surface area contributed by atoms with Crippen LogP contribution in [0.25, 0.3) is 0 Å². The van der Waals surface area contributed by atoms with Crippen molar-refractivity contribution in [3.63, 3.8) is 0 Å². The van der Waals surface area contributed by atoms with Gasteiger partial charge in [-0.15, -0.1) is 0 Å². The lowest BCUT2D eigenvalue weighted by atomic mass is 10.2. The van der Waals surface area contributed by atoms with Crippen LogP contribution in [0.3, 0.4) is 0 Å². The molecule has 2 aromatic carbocycles. The van der Waals surface area contributed by atoms with Crippen LogP contribution in [0.5, 0.6) is 0 Å². The van der Waals surface area contributed by atoms with E-state index in [1.807, 2.05) is 54.6 Å². The monoisotopic (exact) mass is 302 g/mol. The van der Waals surface area contributed by atoms with E-state index in [0.29, 0.717) is 19.5 Å². The zero-order valence-corrected chi connectivity index (χ0v) is 12.5. The largest absolute Gasteiger partial charge is 0.382 e. The number of fused-ring (bicyclic) bond motifs is 1. The summed E-state index contributed by atoms with van der Waals surface area (Å²) in [5.41, 5.74) is 2.67. The summed E-state index contributed by atoms with van der Waals surface area (Å²) in [5, 5.41) is 3.23. The van der Waals surface area contributed by atoms with E-state index in [1.54, 1.807) is 0 Å². The molecule has 0 atom stereocenters. The Kier molecular flexibility index (Phi) is 3.84. The zero-order valence-electron chi connectivity index (χ0n) is 11.7. The van der Waals surface area contributed by atoms with E-state index >= 15 is 0 Å². The minimum atomic E-state index is -3.30. The molecule has 1 aliphatic rings. The summed E-state index contributed by atoms with van der Waals surface area (Å²) in [6, 6.07) is 17.3. The molecule has 1 aliphatic heterocycles. The minimum Gasteiger partial charge on any atom is -0.382 e. The molecular weight excluding hydrogens is 284 g/mol. The number of rotatable bonds is 4. The first-order valence-electron chi connectivity index (χ1n) is 7.04. The Bertz CT molecular complexity index is 714. The summed E-state index contributed by atoms with van der Waals surface area (Å²) in [7, 11) is -3.30. The third-order valence-corrected chi connectivity index (χ3v) is 5.40. The van der Waals surface area contributed by atoms with Crippen LogP contribution < -0.4 is 9.62 Å². The number of sulfonamides is 1. The molecule has 0 aliphatic carbocycles. The molecule has 110 valence electrons. The maximum Gasteiger partial charge on any atom is 0.235 e. The van der Waals surface area contributed by atoms with Crippen molar-refractivity contribution in [2.45, 2.75) is 6.42 Å². The standard InChI is InChI=1S/C16H18N2O2S/c19-21(20,13-10-14-6-2-1-3-7-14)18-12-11-17-15-8-4-5-9-16(15)18/h1-9,17H,10-13H2. The van der Waals surface area contributed by atoms with E-state index in [9.17, 15) is 8.42 Å². The first kappa shape index (κ1) is 13.9. The molecule has 0 amide bonds. The van der Waals surface area contributed by atoms with Gasteiger partial charge in [0.15, 0.2) is 0 Å². The van der Waals surface area contributed by atoms with E-state index in [0.717, 1.165) is 16.9 Å². The van der Waals surface area contributed by atoms with Gasteiger partial charge in [0.2, 0.25) is 10.0 Å². The molecule has 2 aromatic rings. The Morgan fingerprint density at radius 2 is 1.71 bits per heavy atom. The molecule has 0 fully saturated rings. The Morgan fingerprint density at radius 1 is 1.00 bits per heavy atom. The molecule has 4 nitrogen and oxygen atoms in total. The fourth-order valence-corrected chi connectivity index (χ4v) is 4.09. The molecule has 0 saturated carbocycles. The van der Waals surface area contributed by atoms with Gasteiger partial charge in [0, 0.05) is 6.54 Å². The van der Waals surface area contributed by atoms with Gasteiger partial charge in [0.05, 0.1) is 23.7 Å². The van der Waals surface area contributed by atoms with Crippen molar-refractivity contribution < 1.29 is 8.42 Å². The summed E-state index contributed by atoms with van der Waals surface area (Å²) in [4.78, 5) is 0. The normalized spacial score (nSPS) is 14.4. The van der Waals surface area contributed by atoms with Gasteiger partial charge in [0.1, 0.15) is 0 Å².